The minimum atomic E-state index is -0.926. The summed E-state index contributed by atoms with van der Waals surface area (Å²) in [5.41, 5.74) is 2.57. The summed E-state index contributed by atoms with van der Waals surface area (Å²) in [7, 11) is 0. The lowest BCUT2D eigenvalue weighted by molar-refractivity contribution is -0.117. The lowest BCUT2D eigenvalue weighted by atomic mass is 9.82. The summed E-state index contributed by atoms with van der Waals surface area (Å²) in [6.45, 7) is 7.37. The van der Waals surface area contributed by atoms with Crippen LogP contribution in [-0.2, 0) is 11.2 Å². The first-order valence-electron chi connectivity index (χ1n) is 8.10. The smallest absolute Gasteiger partial charge is 0.224 e. The van der Waals surface area contributed by atoms with Crippen LogP contribution in [0.4, 0.5) is 5.69 Å². The zero-order valence-corrected chi connectivity index (χ0v) is 14.1. The van der Waals surface area contributed by atoms with E-state index >= 15 is 0 Å². The number of aryl methyl sites for hydroxylation is 1. The van der Waals surface area contributed by atoms with Crippen molar-refractivity contribution in [3.8, 4) is 0 Å². The van der Waals surface area contributed by atoms with Crippen molar-refractivity contribution >= 4 is 17.4 Å². The van der Waals surface area contributed by atoms with Crippen LogP contribution in [0, 0.1) is 6.92 Å². The fourth-order valence-electron chi connectivity index (χ4n) is 3.73. The Bertz CT molecular complexity index is 824. The quantitative estimate of drug-likeness (QED) is 0.796. The van der Waals surface area contributed by atoms with Crippen molar-refractivity contribution in [1.82, 2.24) is 0 Å². The molecule has 0 fully saturated rings. The minimum absolute atomic E-state index is 0.00490. The van der Waals surface area contributed by atoms with Crippen LogP contribution in [0.25, 0.3) is 0 Å². The number of nitrogens with zero attached hydrogens (tertiary/aromatic N) is 1. The molecule has 1 amide bonds. The highest BCUT2D eigenvalue weighted by molar-refractivity contribution is 6.20. The Kier molecular flexibility index (Phi) is 4.10. The molecule has 0 aromatic heterocycles. The SMILES string of the molecule is C=CC[C@@]1(Cc2cccc(C)c2)C(=O)c2ccccc2N1C(C)=O. The molecule has 0 unspecified atom stereocenters. The van der Waals surface area contributed by atoms with Crippen molar-refractivity contribution < 1.29 is 9.59 Å². The average Bonchev–Trinajstić information content (AvgIpc) is 2.77. The topological polar surface area (TPSA) is 37.4 Å². The van der Waals surface area contributed by atoms with E-state index < -0.39 is 5.54 Å². The van der Waals surface area contributed by atoms with Crippen molar-refractivity contribution in [2.45, 2.75) is 32.2 Å². The number of carbonyl (C=O) groups excluding carboxylic acids is 2. The third-order valence-corrected chi connectivity index (χ3v) is 4.62. The molecular formula is C21H21NO2. The Morgan fingerprint density at radius 2 is 1.96 bits per heavy atom. The summed E-state index contributed by atoms with van der Waals surface area (Å²) in [4.78, 5) is 27.4. The van der Waals surface area contributed by atoms with Gasteiger partial charge in [0.2, 0.25) is 5.91 Å². The second-order valence-electron chi connectivity index (χ2n) is 6.39. The van der Waals surface area contributed by atoms with Gasteiger partial charge in [-0.1, -0.05) is 48.0 Å². The number of Topliss-reactive ketones (excluding diaryl/α,β-unsaturated/α-hetero) is 1. The van der Waals surface area contributed by atoms with Crippen LogP contribution in [0.5, 0.6) is 0 Å². The normalized spacial score (nSPS) is 19.2. The van der Waals surface area contributed by atoms with Gasteiger partial charge in [-0.25, -0.2) is 0 Å². The Balaban J connectivity index is 2.16. The fraction of sp³-hybridized carbons (Fsp3) is 0.238. The molecule has 1 atom stereocenters. The molecule has 2 aromatic rings. The standard InChI is InChI=1S/C21H21NO2/c1-4-12-21(14-17-9-7-8-15(2)13-17)20(24)18-10-5-6-11-19(18)22(21)16(3)23/h4-11,13H,1,12,14H2,2-3H3/t21-/m1/s1. The third kappa shape index (κ3) is 2.46. The summed E-state index contributed by atoms with van der Waals surface area (Å²) in [5, 5.41) is 0. The highest BCUT2D eigenvalue weighted by Gasteiger charge is 2.51. The van der Waals surface area contributed by atoms with Gasteiger partial charge in [0.15, 0.2) is 5.78 Å². The van der Waals surface area contributed by atoms with Gasteiger partial charge in [0.1, 0.15) is 5.54 Å². The lowest BCUT2D eigenvalue weighted by Crippen LogP contribution is -2.54. The number of hydrogen-bond acceptors (Lipinski definition) is 2. The summed E-state index contributed by atoms with van der Waals surface area (Å²) in [6, 6.07) is 15.4. The van der Waals surface area contributed by atoms with E-state index in [2.05, 4.69) is 12.6 Å². The summed E-state index contributed by atoms with van der Waals surface area (Å²) in [6.07, 6.45) is 2.64. The third-order valence-electron chi connectivity index (χ3n) is 4.62. The number of rotatable bonds is 4. The zero-order chi connectivity index (χ0) is 17.3. The predicted molar refractivity (Wildman–Crippen MR) is 96.4 cm³/mol. The molecule has 0 bridgehead atoms. The Hall–Kier alpha value is -2.68. The first kappa shape index (κ1) is 16.2. The van der Waals surface area contributed by atoms with E-state index in [0.29, 0.717) is 24.1 Å². The van der Waals surface area contributed by atoms with Gasteiger partial charge in [0, 0.05) is 18.9 Å². The molecule has 0 aliphatic carbocycles. The lowest BCUT2D eigenvalue weighted by Gasteiger charge is -2.36. The number of carbonyl (C=O) groups is 2. The molecule has 1 aliphatic rings. The number of anilines is 1. The van der Waals surface area contributed by atoms with Crippen molar-refractivity contribution in [2.75, 3.05) is 4.90 Å². The average molecular weight is 319 g/mol. The number of benzene rings is 2. The molecule has 1 heterocycles. The van der Waals surface area contributed by atoms with Gasteiger partial charge in [-0.05, 0) is 31.0 Å². The van der Waals surface area contributed by atoms with E-state index in [1.807, 2.05) is 43.3 Å². The molecule has 0 N–H and O–H groups in total. The highest BCUT2D eigenvalue weighted by atomic mass is 16.2. The molecule has 1 aliphatic heterocycles. The van der Waals surface area contributed by atoms with E-state index in [4.69, 9.17) is 0 Å². The van der Waals surface area contributed by atoms with Crippen LogP contribution >= 0.6 is 0 Å². The number of para-hydroxylation sites is 1. The summed E-state index contributed by atoms with van der Waals surface area (Å²) in [5.74, 6) is -0.127. The van der Waals surface area contributed by atoms with Gasteiger partial charge in [-0.2, -0.15) is 0 Å². The van der Waals surface area contributed by atoms with Crippen molar-refractivity contribution in [1.29, 1.82) is 0 Å². The maximum absolute atomic E-state index is 13.3. The van der Waals surface area contributed by atoms with Crippen LogP contribution in [0.15, 0.2) is 61.2 Å². The van der Waals surface area contributed by atoms with Crippen LogP contribution < -0.4 is 4.90 Å². The van der Waals surface area contributed by atoms with Crippen molar-refractivity contribution in [3.63, 3.8) is 0 Å². The van der Waals surface area contributed by atoms with Gasteiger partial charge in [-0.15, -0.1) is 6.58 Å². The largest absolute Gasteiger partial charge is 0.298 e. The maximum Gasteiger partial charge on any atom is 0.224 e. The molecular weight excluding hydrogens is 298 g/mol. The van der Waals surface area contributed by atoms with Crippen LogP contribution in [0.3, 0.4) is 0 Å². The second-order valence-corrected chi connectivity index (χ2v) is 6.39. The molecule has 0 spiro atoms. The Morgan fingerprint density at radius 1 is 1.21 bits per heavy atom. The number of ketones is 1. The molecule has 0 saturated heterocycles. The first-order chi connectivity index (χ1) is 11.5. The molecule has 3 nitrogen and oxygen atoms in total. The predicted octanol–water partition coefficient (Wildman–Crippen LogP) is 4.10. The van der Waals surface area contributed by atoms with Gasteiger partial charge in [-0.3, -0.25) is 14.5 Å². The molecule has 122 valence electrons. The van der Waals surface area contributed by atoms with Crippen LogP contribution in [0.2, 0.25) is 0 Å². The van der Waals surface area contributed by atoms with Crippen molar-refractivity contribution in [2.24, 2.45) is 0 Å². The van der Waals surface area contributed by atoms with Gasteiger partial charge in [0.25, 0.3) is 0 Å². The first-order valence-corrected chi connectivity index (χ1v) is 8.10. The van der Waals surface area contributed by atoms with Crippen LogP contribution in [-0.4, -0.2) is 17.2 Å². The van der Waals surface area contributed by atoms with E-state index in [9.17, 15) is 9.59 Å². The summed E-state index contributed by atoms with van der Waals surface area (Å²) >= 11 is 0. The fourth-order valence-corrected chi connectivity index (χ4v) is 3.73. The van der Waals surface area contributed by atoms with Crippen molar-refractivity contribution in [3.05, 3.63) is 77.9 Å². The molecule has 2 aromatic carbocycles. The van der Waals surface area contributed by atoms with Crippen LogP contribution in [0.1, 0.15) is 34.8 Å². The molecule has 0 saturated carbocycles. The maximum atomic E-state index is 13.3. The number of amides is 1. The molecule has 0 radical (unpaired) electrons. The number of hydrogen-bond donors (Lipinski definition) is 0. The zero-order valence-electron chi connectivity index (χ0n) is 14.1. The molecule has 3 heteroatoms. The van der Waals surface area contributed by atoms with Gasteiger partial charge in [0.05, 0.1) is 5.69 Å². The van der Waals surface area contributed by atoms with E-state index in [0.717, 1.165) is 11.1 Å². The van der Waals surface area contributed by atoms with E-state index in [-0.39, 0.29) is 11.7 Å². The minimum Gasteiger partial charge on any atom is -0.298 e. The van der Waals surface area contributed by atoms with E-state index in [1.54, 1.807) is 17.0 Å². The molecule has 24 heavy (non-hydrogen) atoms. The monoisotopic (exact) mass is 319 g/mol. The second kappa shape index (κ2) is 6.08. The van der Waals surface area contributed by atoms with Gasteiger partial charge >= 0.3 is 0 Å². The molecule has 3 rings (SSSR count). The van der Waals surface area contributed by atoms with E-state index in [1.165, 1.54) is 6.92 Å². The summed E-state index contributed by atoms with van der Waals surface area (Å²) < 4.78 is 0. The van der Waals surface area contributed by atoms with Gasteiger partial charge < -0.3 is 0 Å². The highest BCUT2D eigenvalue weighted by Crippen LogP contribution is 2.43. The Morgan fingerprint density at radius 3 is 2.62 bits per heavy atom. The number of fused-ring (bicyclic) bond motifs is 1. The Labute approximate surface area is 142 Å².